The quantitative estimate of drug-likeness (QED) is 0.509. The van der Waals surface area contributed by atoms with Gasteiger partial charge in [0, 0.05) is 11.0 Å². The van der Waals surface area contributed by atoms with Gasteiger partial charge >= 0.3 is 12.3 Å². The fourth-order valence-electron chi connectivity index (χ4n) is 2.86. The molecule has 0 amide bonds. The zero-order chi connectivity index (χ0) is 22.1. The number of carbonyl (C=O) groups is 1. The Hall–Kier alpha value is -2.63. The minimum atomic E-state index is -5.08. The van der Waals surface area contributed by atoms with Gasteiger partial charge in [0.25, 0.3) is 0 Å². The van der Waals surface area contributed by atoms with E-state index in [0.29, 0.717) is 16.3 Å². The molecule has 158 valence electrons. The summed E-state index contributed by atoms with van der Waals surface area (Å²) in [5.74, 6) is -2.02. The Morgan fingerprint density at radius 1 is 1.07 bits per heavy atom. The van der Waals surface area contributed by atoms with Crippen molar-refractivity contribution in [3.05, 3.63) is 70.2 Å². The van der Waals surface area contributed by atoms with E-state index in [1.165, 1.54) is 18.2 Å². The average Bonchev–Trinajstić information content (AvgIpc) is 2.64. The molecule has 0 atom stereocenters. The number of sulfonamides is 1. The molecule has 0 heterocycles. The molecule has 3 rings (SSSR count). The van der Waals surface area contributed by atoms with Crippen molar-refractivity contribution in [3.8, 4) is 5.75 Å². The number of rotatable bonds is 6. The van der Waals surface area contributed by atoms with Crippen LogP contribution < -0.4 is 9.46 Å². The van der Waals surface area contributed by atoms with Crippen molar-refractivity contribution in [3.63, 3.8) is 0 Å². The summed E-state index contributed by atoms with van der Waals surface area (Å²) in [6.07, 6.45) is -5.08. The maximum atomic E-state index is 12.7. The maximum absolute atomic E-state index is 12.7. The lowest BCUT2D eigenvalue weighted by Gasteiger charge is -2.15. The third-order valence-corrected chi connectivity index (χ3v) is 6.05. The Labute approximate surface area is 177 Å². The van der Waals surface area contributed by atoms with Crippen LogP contribution in [0.4, 0.5) is 13.2 Å². The van der Waals surface area contributed by atoms with Gasteiger partial charge in [0.2, 0.25) is 10.0 Å². The van der Waals surface area contributed by atoms with Crippen LogP contribution in [-0.2, 0) is 16.6 Å². The van der Waals surface area contributed by atoms with E-state index >= 15 is 0 Å². The van der Waals surface area contributed by atoms with Crippen LogP contribution in [0.1, 0.15) is 15.9 Å². The zero-order valence-corrected chi connectivity index (χ0v) is 17.3. The molecule has 0 bridgehead atoms. The number of carboxylic acids is 1. The van der Waals surface area contributed by atoms with Crippen molar-refractivity contribution in [2.45, 2.75) is 17.8 Å². The van der Waals surface area contributed by atoms with Crippen LogP contribution in [0.5, 0.6) is 5.75 Å². The highest BCUT2D eigenvalue weighted by molar-refractivity contribution is 9.10. The highest BCUT2D eigenvalue weighted by Crippen LogP contribution is 2.32. The zero-order valence-electron chi connectivity index (χ0n) is 14.9. The molecule has 2 N–H and O–H groups in total. The Kier molecular flexibility index (Phi) is 6.06. The van der Waals surface area contributed by atoms with Gasteiger partial charge in [-0.25, -0.2) is 17.9 Å². The molecule has 6 nitrogen and oxygen atoms in total. The molecule has 0 unspecified atom stereocenters. The Bertz CT molecular complexity index is 1230. The van der Waals surface area contributed by atoms with Crippen LogP contribution >= 0.6 is 15.9 Å². The molecule has 3 aromatic rings. The third-order valence-electron chi connectivity index (χ3n) is 4.12. The molecular weight excluding hydrogens is 491 g/mol. The van der Waals surface area contributed by atoms with E-state index in [4.69, 9.17) is 0 Å². The largest absolute Gasteiger partial charge is 0.573 e. The van der Waals surface area contributed by atoms with Crippen molar-refractivity contribution < 1.29 is 36.2 Å². The number of halogens is 4. The monoisotopic (exact) mass is 503 g/mol. The third kappa shape index (κ3) is 4.91. The van der Waals surface area contributed by atoms with Crippen LogP contribution in [0.25, 0.3) is 10.8 Å². The lowest BCUT2D eigenvalue weighted by Crippen LogP contribution is -2.26. The van der Waals surface area contributed by atoms with Gasteiger partial charge < -0.3 is 9.84 Å². The van der Waals surface area contributed by atoms with Crippen molar-refractivity contribution in [2.24, 2.45) is 0 Å². The number of hydrogen-bond acceptors (Lipinski definition) is 4. The molecule has 0 aliphatic rings. The molecule has 0 aliphatic carbocycles. The van der Waals surface area contributed by atoms with Gasteiger partial charge in [-0.05, 0) is 40.6 Å². The number of aromatic carboxylic acids is 1. The molecule has 0 aromatic heterocycles. The van der Waals surface area contributed by atoms with Crippen LogP contribution in [0.15, 0.2) is 64.0 Å². The molecule has 0 saturated carbocycles. The minimum Gasteiger partial charge on any atom is -0.478 e. The number of ether oxygens (including phenoxy) is 1. The van der Waals surface area contributed by atoms with Gasteiger partial charge in [-0.1, -0.05) is 46.3 Å². The second-order valence-corrected chi connectivity index (χ2v) is 8.74. The summed E-state index contributed by atoms with van der Waals surface area (Å²) in [4.78, 5) is 10.7. The minimum absolute atomic E-state index is 0.0472. The second-order valence-electron chi connectivity index (χ2n) is 6.09. The van der Waals surface area contributed by atoms with Crippen LogP contribution in [-0.4, -0.2) is 25.9 Å². The van der Waals surface area contributed by atoms with Crippen molar-refractivity contribution in [2.75, 3.05) is 0 Å². The van der Waals surface area contributed by atoms with Crippen LogP contribution in [0, 0.1) is 0 Å². The number of nitrogens with one attached hydrogen (secondary N) is 1. The van der Waals surface area contributed by atoms with Gasteiger partial charge in [-0.3, -0.25) is 0 Å². The van der Waals surface area contributed by atoms with Gasteiger partial charge in [0.15, 0.2) is 5.75 Å². The fraction of sp³-hybridized carbons (Fsp3) is 0.105. The number of benzene rings is 3. The summed E-state index contributed by atoms with van der Waals surface area (Å²) in [6, 6.07) is 12.5. The fourth-order valence-corrected chi connectivity index (χ4v) is 4.31. The first kappa shape index (κ1) is 22.1. The summed E-state index contributed by atoms with van der Waals surface area (Å²) < 4.78 is 69.6. The number of hydrogen-bond donors (Lipinski definition) is 2. The lowest BCUT2D eigenvalue weighted by molar-refractivity contribution is -0.275. The first-order chi connectivity index (χ1) is 14.0. The smallest absolute Gasteiger partial charge is 0.478 e. The molecule has 0 radical (unpaired) electrons. The number of fused-ring (bicyclic) bond motifs is 1. The van der Waals surface area contributed by atoms with E-state index in [1.54, 1.807) is 24.3 Å². The van der Waals surface area contributed by atoms with E-state index in [0.717, 1.165) is 12.1 Å². The van der Waals surface area contributed by atoms with Gasteiger partial charge in [-0.2, -0.15) is 0 Å². The summed E-state index contributed by atoms with van der Waals surface area (Å²) in [5, 5.41) is 10.2. The normalized spacial score (nSPS) is 12.1. The average molecular weight is 504 g/mol. The first-order valence-electron chi connectivity index (χ1n) is 8.27. The van der Waals surface area contributed by atoms with E-state index in [2.05, 4.69) is 25.4 Å². The maximum Gasteiger partial charge on any atom is 0.573 e. The first-order valence-corrected chi connectivity index (χ1v) is 10.5. The van der Waals surface area contributed by atoms with Gasteiger partial charge in [-0.15, -0.1) is 13.2 Å². The molecule has 30 heavy (non-hydrogen) atoms. The summed E-state index contributed by atoms with van der Waals surface area (Å²) in [5.41, 5.74) is 0.501. The highest BCUT2D eigenvalue weighted by Gasteiger charge is 2.34. The summed E-state index contributed by atoms with van der Waals surface area (Å²) >= 11 is 2.98. The van der Waals surface area contributed by atoms with Crippen molar-refractivity contribution in [1.82, 2.24) is 4.72 Å². The predicted octanol–water partition coefficient (Wildman–Crippen LogP) is 4.68. The van der Waals surface area contributed by atoms with Crippen molar-refractivity contribution in [1.29, 1.82) is 0 Å². The topological polar surface area (TPSA) is 92.7 Å². The highest BCUT2D eigenvalue weighted by atomic mass is 79.9. The van der Waals surface area contributed by atoms with Gasteiger partial charge in [0.1, 0.15) is 4.90 Å². The summed E-state index contributed by atoms with van der Waals surface area (Å²) in [7, 11) is -4.39. The molecule has 11 heteroatoms. The van der Waals surface area contributed by atoms with Crippen LogP contribution in [0.2, 0.25) is 0 Å². The SMILES string of the molecule is O=C(O)c1ccc(CNS(=O)(=O)c2ccc(Br)cc2OC(F)(F)F)c2ccccc12. The standard InChI is InChI=1S/C19H13BrF3NO5S/c20-12-6-8-17(16(9-12)29-19(21,22)23)30(27,28)24-10-11-5-7-15(18(25)26)14-4-2-1-3-13(11)14/h1-9,24H,10H2,(H,25,26). The van der Waals surface area contributed by atoms with E-state index in [9.17, 15) is 31.5 Å². The Balaban J connectivity index is 1.95. The molecule has 0 spiro atoms. The number of carboxylic acid groups (broad SMARTS) is 1. The molecule has 0 aliphatic heterocycles. The molecule has 0 fully saturated rings. The summed E-state index contributed by atoms with van der Waals surface area (Å²) in [6.45, 7) is -0.274. The van der Waals surface area contributed by atoms with E-state index < -0.39 is 33.0 Å². The lowest BCUT2D eigenvalue weighted by atomic mass is 10.00. The molecular formula is C19H13BrF3NO5S. The van der Waals surface area contributed by atoms with E-state index in [1.807, 2.05) is 0 Å². The van der Waals surface area contributed by atoms with E-state index in [-0.39, 0.29) is 16.6 Å². The molecule has 3 aromatic carbocycles. The second kappa shape index (κ2) is 8.25. The van der Waals surface area contributed by atoms with Gasteiger partial charge in [0.05, 0.1) is 5.56 Å². The number of alkyl halides is 3. The predicted molar refractivity (Wildman–Crippen MR) is 106 cm³/mol. The Morgan fingerprint density at radius 2 is 1.73 bits per heavy atom. The molecule has 0 saturated heterocycles. The Morgan fingerprint density at radius 3 is 2.37 bits per heavy atom. The van der Waals surface area contributed by atoms with Crippen molar-refractivity contribution >= 4 is 42.7 Å². The van der Waals surface area contributed by atoms with Crippen LogP contribution in [0.3, 0.4) is 0 Å².